The Morgan fingerprint density at radius 3 is 2.39 bits per heavy atom. The molecule has 2 nitrogen and oxygen atoms in total. The number of hydrogen-bond acceptors (Lipinski definition) is 1. The Hall–Kier alpha value is -0.900. The molecule has 1 fully saturated rings. The van der Waals surface area contributed by atoms with Crippen LogP contribution in [0.3, 0.4) is 0 Å². The van der Waals surface area contributed by atoms with Gasteiger partial charge in [-0.2, -0.15) is 0 Å². The lowest BCUT2D eigenvalue weighted by atomic mass is 10.1. The Labute approximate surface area is 115 Å². The molecule has 0 bridgehead atoms. The van der Waals surface area contributed by atoms with Crippen molar-refractivity contribution in [2.75, 3.05) is 13.1 Å². The third kappa shape index (κ3) is 3.10. The van der Waals surface area contributed by atoms with E-state index < -0.39 is 5.82 Å². The fourth-order valence-electron chi connectivity index (χ4n) is 2.29. The van der Waals surface area contributed by atoms with Crippen molar-refractivity contribution in [3.63, 3.8) is 0 Å². The molecule has 0 aromatic heterocycles. The van der Waals surface area contributed by atoms with E-state index >= 15 is 0 Å². The van der Waals surface area contributed by atoms with Crippen LogP contribution in [0.15, 0.2) is 22.7 Å². The SMILES string of the molecule is O=C(c1cccc(Br)c1F)N1CCCCCCC1. The number of carbonyl (C=O) groups excluding carboxylic acids is 1. The Morgan fingerprint density at radius 2 is 1.72 bits per heavy atom. The maximum atomic E-state index is 13.9. The van der Waals surface area contributed by atoms with Crippen molar-refractivity contribution in [2.24, 2.45) is 0 Å². The number of carbonyl (C=O) groups is 1. The van der Waals surface area contributed by atoms with Gasteiger partial charge in [0.15, 0.2) is 0 Å². The third-order valence-corrected chi connectivity index (χ3v) is 3.94. The van der Waals surface area contributed by atoms with Crippen LogP contribution >= 0.6 is 15.9 Å². The zero-order chi connectivity index (χ0) is 13.0. The van der Waals surface area contributed by atoms with E-state index in [0.717, 1.165) is 38.8 Å². The molecule has 2 rings (SSSR count). The van der Waals surface area contributed by atoms with Gasteiger partial charge in [-0.05, 0) is 40.9 Å². The highest BCUT2D eigenvalue weighted by Gasteiger charge is 2.20. The number of amides is 1. The fraction of sp³-hybridized carbons (Fsp3) is 0.500. The van der Waals surface area contributed by atoms with Gasteiger partial charge in [0.25, 0.3) is 5.91 Å². The topological polar surface area (TPSA) is 20.3 Å². The van der Waals surface area contributed by atoms with Crippen LogP contribution in [0.2, 0.25) is 0 Å². The summed E-state index contributed by atoms with van der Waals surface area (Å²) in [6, 6.07) is 4.87. The smallest absolute Gasteiger partial charge is 0.256 e. The first kappa shape index (κ1) is 13.5. The summed E-state index contributed by atoms with van der Waals surface area (Å²) in [5.74, 6) is -0.639. The van der Waals surface area contributed by atoms with Crippen LogP contribution in [0, 0.1) is 5.82 Å². The van der Waals surface area contributed by atoms with Crippen LogP contribution in [0.5, 0.6) is 0 Å². The van der Waals surface area contributed by atoms with E-state index in [9.17, 15) is 9.18 Å². The van der Waals surface area contributed by atoms with E-state index in [1.165, 1.54) is 6.42 Å². The maximum Gasteiger partial charge on any atom is 0.256 e. The molecule has 98 valence electrons. The molecule has 1 saturated heterocycles. The van der Waals surface area contributed by atoms with Crippen LogP contribution in [0.25, 0.3) is 0 Å². The summed E-state index contributed by atoms with van der Waals surface area (Å²) >= 11 is 3.12. The van der Waals surface area contributed by atoms with Gasteiger partial charge >= 0.3 is 0 Å². The summed E-state index contributed by atoms with van der Waals surface area (Å²) in [7, 11) is 0. The van der Waals surface area contributed by atoms with Gasteiger partial charge in [-0.25, -0.2) is 4.39 Å². The molecule has 1 heterocycles. The van der Waals surface area contributed by atoms with Crippen LogP contribution in [-0.4, -0.2) is 23.9 Å². The van der Waals surface area contributed by atoms with Gasteiger partial charge in [-0.1, -0.05) is 25.3 Å². The summed E-state index contributed by atoms with van der Waals surface area (Å²) in [5.41, 5.74) is 0.171. The van der Waals surface area contributed by atoms with E-state index in [1.807, 2.05) is 0 Å². The second kappa shape index (κ2) is 6.32. The van der Waals surface area contributed by atoms with Gasteiger partial charge in [0.2, 0.25) is 0 Å². The highest BCUT2D eigenvalue weighted by atomic mass is 79.9. The Morgan fingerprint density at radius 1 is 1.11 bits per heavy atom. The van der Waals surface area contributed by atoms with Crippen LogP contribution in [0.4, 0.5) is 4.39 Å². The molecule has 1 aliphatic heterocycles. The number of halogens is 2. The van der Waals surface area contributed by atoms with Crippen molar-refractivity contribution in [3.05, 3.63) is 34.1 Å². The summed E-state index contributed by atoms with van der Waals surface area (Å²) < 4.78 is 14.2. The van der Waals surface area contributed by atoms with Gasteiger partial charge in [0.1, 0.15) is 5.82 Å². The molecule has 1 amide bonds. The Balaban J connectivity index is 2.16. The summed E-state index contributed by atoms with van der Waals surface area (Å²) in [5, 5.41) is 0. The molecule has 18 heavy (non-hydrogen) atoms. The molecule has 0 radical (unpaired) electrons. The first-order chi connectivity index (χ1) is 8.70. The lowest BCUT2D eigenvalue weighted by molar-refractivity contribution is 0.0737. The summed E-state index contributed by atoms with van der Waals surface area (Å²) in [4.78, 5) is 14.1. The second-order valence-corrected chi connectivity index (χ2v) is 5.52. The van der Waals surface area contributed by atoms with E-state index in [-0.39, 0.29) is 11.5 Å². The molecule has 0 saturated carbocycles. The summed E-state index contributed by atoms with van der Waals surface area (Å²) in [6.45, 7) is 1.48. The predicted octanol–water partition coefficient (Wildman–Crippen LogP) is 3.99. The molecule has 0 spiro atoms. The van der Waals surface area contributed by atoms with E-state index in [2.05, 4.69) is 15.9 Å². The molecule has 0 atom stereocenters. The standard InChI is InChI=1S/C14H17BrFNO/c15-12-8-6-7-11(13(12)16)14(18)17-9-4-2-1-3-5-10-17/h6-8H,1-5,9-10H2. The molecular formula is C14H17BrFNO. The van der Waals surface area contributed by atoms with Crippen molar-refractivity contribution < 1.29 is 9.18 Å². The first-order valence-corrected chi connectivity index (χ1v) is 7.23. The zero-order valence-corrected chi connectivity index (χ0v) is 11.9. The molecule has 0 unspecified atom stereocenters. The minimum Gasteiger partial charge on any atom is -0.339 e. The van der Waals surface area contributed by atoms with Crippen molar-refractivity contribution in [1.29, 1.82) is 0 Å². The van der Waals surface area contributed by atoms with Crippen LogP contribution in [0.1, 0.15) is 42.5 Å². The van der Waals surface area contributed by atoms with E-state index in [1.54, 1.807) is 23.1 Å². The number of rotatable bonds is 1. The van der Waals surface area contributed by atoms with Gasteiger partial charge in [0.05, 0.1) is 10.0 Å². The predicted molar refractivity (Wildman–Crippen MR) is 73.1 cm³/mol. The van der Waals surface area contributed by atoms with Gasteiger partial charge in [-0.3, -0.25) is 4.79 Å². The van der Waals surface area contributed by atoms with Crippen molar-refractivity contribution in [2.45, 2.75) is 32.1 Å². The molecule has 0 N–H and O–H groups in total. The molecular weight excluding hydrogens is 297 g/mol. The molecule has 0 aliphatic carbocycles. The minimum absolute atomic E-state index is 0.171. The minimum atomic E-state index is -0.454. The van der Waals surface area contributed by atoms with Gasteiger partial charge in [-0.15, -0.1) is 0 Å². The van der Waals surface area contributed by atoms with Gasteiger partial charge < -0.3 is 4.90 Å². The Bertz CT molecular complexity index is 428. The maximum absolute atomic E-state index is 13.9. The second-order valence-electron chi connectivity index (χ2n) is 4.66. The molecule has 1 aromatic rings. The largest absolute Gasteiger partial charge is 0.339 e. The van der Waals surface area contributed by atoms with E-state index in [4.69, 9.17) is 0 Å². The zero-order valence-electron chi connectivity index (χ0n) is 10.3. The average Bonchev–Trinajstić information content (AvgIpc) is 2.31. The number of hydrogen-bond donors (Lipinski definition) is 0. The highest BCUT2D eigenvalue weighted by molar-refractivity contribution is 9.10. The van der Waals surface area contributed by atoms with E-state index in [0.29, 0.717) is 4.47 Å². The lowest BCUT2D eigenvalue weighted by Crippen LogP contribution is -2.34. The van der Waals surface area contributed by atoms with Gasteiger partial charge in [0, 0.05) is 13.1 Å². The van der Waals surface area contributed by atoms with Crippen molar-refractivity contribution >= 4 is 21.8 Å². The van der Waals surface area contributed by atoms with Crippen LogP contribution < -0.4 is 0 Å². The molecule has 4 heteroatoms. The fourth-order valence-corrected chi connectivity index (χ4v) is 2.66. The monoisotopic (exact) mass is 313 g/mol. The van der Waals surface area contributed by atoms with Crippen molar-refractivity contribution in [3.8, 4) is 0 Å². The molecule has 1 aliphatic rings. The number of nitrogens with zero attached hydrogens (tertiary/aromatic N) is 1. The highest BCUT2D eigenvalue weighted by Crippen LogP contribution is 2.21. The lowest BCUT2D eigenvalue weighted by Gasteiger charge is -2.25. The molecule has 1 aromatic carbocycles. The quantitative estimate of drug-likeness (QED) is 0.767. The number of benzene rings is 1. The normalized spacial score (nSPS) is 17.1. The summed E-state index contributed by atoms with van der Waals surface area (Å²) in [6.07, 6.45) is 5.59. The van der Waals surface area contributed by atoms with Crippen molar-refractivity contribution in [1.82, 2.24) is 4.90 Å². The average molecular weight is 314 g/mol. The Kier molecular flexibility index (Phi) is 4.75. The number of likely N-dealkylation sites (tertiary alicyclic amines) is 1. The first-order valence-electron chi connectivity index (χ1n) is 6.43. The van der Waals surface area contributed by atoms with Crippen LogP contribution in [-0.2, 0) is 0 Å². The third-order valence-electron chi connectivity index (χ3n) is 3.33.